The molecule has 2 aliphatic carbocycles. The summed E-state index contributed by atoms with van der Waals surface area (Å²) in [5.41, 5.74) is 3.55. The van der Waals surface area contributed by atoms with Gasteiger partial charge in [0, 0.05) is 0 Å². The first-order valence-electron chi connectivity index (χ1n) is 8.46. The number of pyridine rings is 1. The van der Waals surface area contributed by atoms with Gasteiger partial charge in [0.15, 0.2) is 0 Å². The monoisotopic (exact) mass is 284 g/mol. The molecule has 2 saturated carbocycles. The van der Waals surface area contributed by atoms with Gasteiger partial charge in [-0.05, 0) is 42.7 Å². The van der Waals surface area contributed by atoms with Crippen LogP contribution < -0.4 is 0 Å². The smallest absolute Gasteiger partial charge is 0.0995 e. The molecule has 1 N–H and O–H groups in total. The van der Waals surface area contributed by atoms with E-state index >= 15 is 0 Å². The topological polar surface area (TPSA) is 37.5 Å². The van der Waals surface area contributed by atoms with E-state index in [1.165, 1.54) is 50.5 Å². The van der Waals surface area contributed by atoms with Crippen LogP contribution in [0.1, 0.15) is 74.6 Å². The Labute approximate surface area is 126 Å². The zero-order valence-corrected chi connectivity index (χ0v) is 12.5. The van der Waals surface area contributed by atoms with Gasteiger partial charge in [-0.2, -0.15) is 0 Å². The summed E-state index contributed by atoms with van der Waals surface area (Å²) in [4.78, 5) is 4.26. The molecule has 0 aromatic carbocycles. The van der Waals surface area contributed by atoms with Crippen molar-refractivity contribution in [2.75, 3.05) is 0 Å². The lowest BCUT2D eigenvalue weighted by molar-refractivity contribution is 0.125. The molecule has 3 nitrogen and oxygen atoms in total. The Balaban J connectivity index is 1.66. The molecule has 2 aromatic rings. The van der Waals surface area contributed by atoms with Gasteiger partial charge in [-0.1, -0.05) is 38.2 Å². The molecule has 0 spiro atoms. The quantitative estimate of drug-likeness (QED) is 0.913. The maximum absolute atomic E-state index is 10.9. The molecule has 2 heterocycles. The number of imidazole rings is 1. The van der Waals surface area contributed by atoms with Crippen LogP contribution in [0, 0.1) is 5.92 Å². The molecule has 112 valence electrons. The van der Waals surface area contributed by atoms with Crippen LogP contribution in [-0.2, 0) is 0 Å². The van der Waals surface area contributed by atoms with Crippen molar-refractivity contribution >= 4 is 5.52 Å². The maximum atomic E-state index is 10.9. The molecule has 0 bridgehead atoms. The highest BCUT2D eigenvalue weighted by Crippen LogP contribution is 2.44. The Morgan fingerprint density at radius 3 is 2.71 bits per heavy atom. The van der Waals surface area contributed by atoms with Crippen LogP contribution in [0.15, 0.2) is 24.7 Å². The van der Waals surface area contributed by atoms with Crippen LogP contribution in [0.25, 0.3) is 5.52 Å². The molecule has 0 amide bonds. The second kappa shape index (κ2) is 5.45. The van der Waals surface area contributed by atoms with E-state index in [0.717, 1.165) is 17.6 Å². The average molecular weight is 284 g/mol. The van der Waals surface area contributed by atoms with Crippen molar-refractivity contribution in [3.63, 3.8) is 0 Å². The molecule has 0 radical (unpaired) electrons. The van der Waals surface area contributed by atoms with Crippen LogP contribution in [0.4, 0.5) is 0 Å². The van der Waals surface area contributed by atoms with Gasteiger partial charge in [0.05, 0.1) is 29.8 Å². The third-order valence-electron chi connectivity index (χ3n) is 5.27. The van der Waals surface area contributed by atoms with Crippen molar-refractivity contribution in [1.29, 1.82) is 0 Å². The molecule has 2 aliphatic rings. The second-order valence-electron chi connectivity index (χ2n) is 6.89. The highest BCUT2D eigenvalue weighted by molar-refractivity contribution is 5.50. The van der Waals surface area contributed by atoms with Crippen molar-refractivity contribution in [3.05, 3.63) is 35.9 Å². The zero-order valence-electron chi connectivity index (χ0n) is 12.5. The molecule has 1 unspecified atom stereocenters. The lowest BCUT2D eigenvalue weighted by atomic mass is 9.84. The van der Waals surface area contributed by atoms with Gasteiger partial charge in [-0.25, -0.2) is 4.98 Å². The molecule has 3 heteroatoms. The van der Waals surface area contributed by atoms with Gasteiger partial charge in [0.1, 0.15) is 0 Å². The van der Waals surface area contributed by atoms with E-state index in [2.05, 4.69) is 21.5 Å². The Morgan fingerprint density at radius 2 is 1.95 bits per heavy atom. The summed E-state index contributed by atoms with van der Waals surface area (Å²) in [5.74, 6) is 1.35. The fourth-order valence-corrected chi connectivity index (χ4v) is 3.97. The minimum absolute atomic E-state index is 0.346. The summed E-state index contributed by atoms with van der Waals surface area (Å²) in [5, 5.41) is 10.9. The fourth-order valence-electron chi connectivity index (χ4n) is 3.97. The van der Waals surface area contributed by atoms with Crippen molar-refractivity contribution in [2.24, 2.45) is 5.92 Å². The number of aromatic nitrogens is 2. The molecular weight excluding hydrogens is 260 g/mol. The van der Waals surface area contributed by atoms with Gasteiger partial charge in [-0.15, -0.1) is 0 Å². The first-order chi connectivity index (χ1) is 10.3. The normalized spacial score (nSPS) is 21.8. The van der Waals surface area contributed by atoms with E-state index in [9.17, 15) is 5.11 Å². The zero-order chi connectivity index (χ0) is 14.2. The van der Waals surface area contributed by atoms with Gasteiger partial charge >= 0.3 is 0 Å². The van der Waals surface area contributed by atoms with E-state index in [4.69, 9.17) is 0 Å². The summed E-state index contributed by atoms with van der Waals surface area (Å²) in [6.07, 6.45) is 13.5. The molecule has 4 rings (SSSR count). The van der Waals surface area contributed by atoms with E-state index in [1.54, 1.807) is 0 Å². The number of aliphatic hydroxyl groups excluding tert-OH is 1. The van der Waals surface area contributed by atoms with Crippen LogP contribution in [-0.4, -0.2) is 14.5 Å². The van der Waals surface area contributed by atoms with Crippen molar-refractivity contribution in [1.82, 2.24) is 9.38 Å². The van der Waals surface area contributed by atoms with E-state index in [-0.39, 0.29) is 6.10 Å². The summed E-state index contributed by atoms with van der Waals surface area (Å²) in [6, 6.07) is 4.35. The van der Waals surface area contributed by atoms with Crippen LogP contribution in [0.3, 0.4) is 0 Å². The molecule has 2 aromatic heterocycles. The number of fused-ring (bicyclic) bond motifs is 1. The maximum Gasteiger partial charge on any atom is 0.0995 e. The Kier molecular flexibility index (Phi) is 3.46. The minimum atomic E-state index is -0.346. The highest BCUT2D eigenvalue weighted by atomic mass is 16.3. The molecule has 21 heavy (non-hydrogen) atoms. The standard InChI is InChI=1S/C18H24N2O/c21-17(10-13-4-2-1-3-5-13)18-16(14-6-7-14)9-8-15-11-19-12-20(15)18/h8-9,11-14,17,21H,1-7,10H2. The number of hydrogen-bond acceptors (Lipinski definition) is 2. The molecule has 0 saturated heterocycles. The predicted molar refractivity (Wildman–Crippen MR) is 83.3 cm³/mol. The van der Waals surface area contributed by atoms with Crippen LogP contribution in [0.2, 0.25) is 0 Å². The molecule has 0 aliphatic heterocycles. The first-order valence-corrected chi connectivity index (χ1v) is 8.46. The van der Waals surface area contributed by atoms with Gasteiger partial charge < -0.3 is 9.51 Å². The fraction of sp³-hybridized carbons (Fsp3) is 0.611. The Hall–Kier alpha value is -1.35. The number of rotatable bonds is 4. The third-order valence-corrected chi connectivity index (χ3v) is 5.27. The summed E-state index contributed by atoms with van der Waals surface area (Å²) in [7, 11) is 0. The summed E-state index contributed by atoms with van der Waals surface area (Å²) in [6.45, 7) is 0. The summed E-state index contributed by atoms with van der Waals surface area (Å²) < 4.78 is 2.11. The van der Waals surface area contributed by atoms with Gasteiger partial charge in [-0.3, -0.25) is 0 Å². The van der Waals surface area contributed by atoms with Crippen molar-refractivity contribution in [2.45, 2.75) is 63.4 Å². The predicted octanol–water partition coefficient (Wildman–Crippen LogP) is 4.22. The molecule has 2 fully saturated rings. The van der Waals surface area contributed by atoms with Crippen LogP contribution in [0.5, 0.6) is 0 Å². The average Bonchev–Trinajstić information content (AvgIpc) is 3.24. The summed E-state index contributed by atoms with van der Waals surface area (Å²) >= 11 is 0. The van der Waals surface area contributed by atoms with Crippen molar-refractivity contribution in [3.8, 4) is 0 Å². The van der Waals surface area contributed by atoms with Crippen LogP contribution >= 0.6 is 0 Å². The number of nitrogens with zero attached hydrogens (tertiary/aromatic N) is 2. The molecule has 1 atom stereocenters. The Bertz CT molecular complexity index is 623. The molecular formula is C18H24N2O. The lowest BCUT2D eigenvalue weighted by Crippen LogP contribution is -2.14. The van der Waals surface area contributed by atoms with E-state index in [1.807, 2.05) is 12.5 Å². The second-order valence-corrected chi connectivity index (χ2v) is 6.89. The van der Waals surface area contributed by atoms with Gasteiger partial charge in [0.2, 0.25) is 0 Å². The highest BCUT2D eigenvalue weighted by Gasteiger charge is 2.30. The SMILES string of the molecule is OC(CC1CCCCC1)c1c(C2CC2)ccc2cncn12. The number of aliphatic hydroxyl groups is 1. The van der Waals surface area contributed by atoms with E-state index < -0.39 is 0 Å². The number of hydrogen-bond donors (Lipinski definition) is 1. The Morgan fingerprint density at radius 1 is 1.14 bits per heavy atom. The first kappa shape index (κ1) is 13.3. The largest absolute Gasteiger partial charge is 0.387 e. The third kappa shape index (κ3) is 2.59. The van der Waals surface area contributed by atoms with E-state index in [0.29, 0.717) is 11.8 Å². The lowest BCUT2D eigenvalue weighted by Gasteiger charge is -2.25. The van der Waals surface area contributed by atoms with Crippen molar-refractivity contribution < 1.29 is 5.11 Å². The minimum Gasteiger partial charge on any atom is -0.387 e. The van der Waals surface area contributed by atoms with Gasteiger partial charge in [0.25, 0.3) is 0 Å².